The molecule has 130 valence electrons. The number of pyridine rings is 1. The van der Waals surface area contributed by atoms with Gasteiger partial charge < -0.3 is 5.11 Å². The zero-order valence-corrected chi connectivity index (χ0v) is 13.3. The van der Waals surface area contributed by atoms with Crippen molar-refractivity contribution in [3.05, 3.63) is 24.0 Å². The number of hydrogen-bond acceptors (Lipinski definition) is 5. The third kappa shape index (κ3) is 4.00. The largest absolute Gasteiger partial charge is 0.433 e. The average molecular weight is 353 g/mol. The van der Waals surface area contributed by atoms with Crippen LogP contribution in [0, 0.1) is 0 Å². The number of hydrogen-bond donors (Lipinski definition) is 1. The Morgan fingerprint density at radius 3 is 2.52 bits per heavy atom. The van der Waals surface area contributed by atoms with E-state index in [9.17, 15) is 21.6 Å². The van der Waals surface area contributed by atoms with Crippen molar-refractivity contribution in [2.75, 3.05) is 32.8 Å². The number of halogens is 3. The molecule has 1 fully saturated rings. The van der Waals surface area contributed by atoms with Crippen molar-refractivity contribution in [1.29, 1.82) is 0 Å². The molecular weight excluding hydrogens is 335 g/mol. The van der Waals surface area contributed by atoms with Gasteiger partial charge in [-0.15, -0.1) is 0 Å². The number of sulfonamides is 1. The first-order valence-corrected chi connectivity index (χ1v) is 8.48. The van der Waals surface area contributed by atoms with Gasteiger partial charge in [-0.2, -0.15) is 17.5 Å². The normalized spacial score (nSPS) is 21.5. The Morgan fingerprint density at radius 1 is 1.35 bits per heavy atom. The molecule has 6 nitrogen and oxygen atoms in total. The van der Waals surface area contributed by atoms with Crippen LogP contribution < -0.4 is 0 Å². The quantitative estimate of drug-likeness (QED) is 0.866. The predicted molar refractivity (Wildman–Crippen MR) is 76.1 cm³/mol. The van der Waals surface area contributed by atoms with Crippen LogP contribution in [0.4, 0.5) is 13.2 Å². The van der Waals surface area contributed by atoms with Crippen LogP contribution in [-0.2, 0) is 16.2 Å². The standard InChI is InChI=1S/C13H18F3N3O3S/c1-10-9-19(5-4-18(10)6-7-20)23(21,22)11-2-3-12(17-8-11)13(14,15)16/h2-3,8,10,20H,4-7,9H2,1H3. The number of piperazine rings is 1. The third-order valence-corrected chi connectivity index (χ3v) is 5.63. The van der Waals surface area contributed by atoms with Gasteiger partial charge in [0.15, 0.2) is 0 Å². The molecule has 0 aliphatic carbocycles. The third-order valence-electron chi connectivity index (χ3n) is 3.78. The summed E-state index contributed by atoms with van der Waals surface area (Å²) in [7, 11) is -3.88. The molecule has 0 bridgehead atoms. The minimum absolute atomic E-state index is 0.0140. The van der Waals surface area contributed by atoms with Crippen molar-refractivity contribution >= 4 is 10.0 Å². The van der Waals surface area contributed by atoms with Crippen LogP contribution in [0.2, 0.25) is 0 Å². The van der Waals surface area contributed by atoms with Gasteiger partial charge in [-0.1, -0.05) is 0 Å². The van der Waals surface area contributed by atoms with E-state index < -0.39 is 21.9 Å². The van der Waals surface area contributed by atoms with E-state index in [1.807, 2.05) is 11.8 Å². The Labute approximate surface area is 132 Å². The molecule has 1 atom stereocenters. The van der Waals surface area contributed by atoms with Crippen LogP contribution in [0.5, 0.6) is 0 Å². The molecule has 1 aromatic heterocycles. The molecule has 0 spiro atoms. The zero-order chi connectivity index (χ0) is 17.3. The minimum Gasteiger partial charge on any atom is -0.395 e. The summed E-state index contributed by atoms with van der Waals surface area (Å²) in [5, 5.41) is 8.96. The topological polar surface area (TPSA) is 73.7 Å². The maximum atomic E-state index is 12.5. The Morgan fingerprint density at radius 2 is 2.04 bits per heavy atom. The van der Waals surface area contributed by atoms with E-state index in [-0.39, 0.29) is 30.6 Å². The molecule has 2 rings (SSSR count). The molecule has 1 saturated heterocycles. The lowest BCUT2D eigenvalue weighted by Gasteiger charge is -2.38. The minimum atomic E-state index is -4.60. The highest BCUT2D eigenvalue weighted by atomic mass is 32.2. The second-order valence-corrected chi connectivity index (χ2v) is 7.29. The highest BCUT2D eigenvalue weighted by Gasteiger charge is 2.35. The van der Waals surface area contributed by atoms with Crippen LogP contribution in [0.15, 0.2) is 23.2 Å². The lowest BCUT2D eigenvalue weighted by molar-refractivity contribution is -0.141. The van der Waals surface area contributed by atoms with Crippen LogP contribution in [0.25, 0.3) is 0 Å². The molecular formula is C13H18F3N3O3S. The molecule has 1 aromatic rings. The fourth-order valence-electron chi connectivity index (χ4n) is 2.49. The summed E-state index contributed by atoms with van der Waals surface area (Å²) in [5.74, 6) is 0. The van der Waals surface area contributed by atoms with E-state index in [2.05, 4.69) is 4.98 Å². The van der Waals surface area contributed by atoms with Crippen LogP contribution >= 0.6 is 0 Å². The molecule has 0 radical (unpaired) electrons. The number of rotatable bonds is 4. The summed E-state index contributed by atoms with van der Waals surface area (Å²) in [6.07, 6.45) is -3.87. The van der Waals surface area contributed by atoms with E-state index in [1.54, 1.807) is 0 Å². The highest BCUT2D eigenvalue weighted by Crippen LogP contribution is 2.28. The van der Waals surface area contributed by atoms with E-state index >= 15 is 0 Å². The molecule has 1 N–H and O–H groups in total. The van der Waals surface area contributed by atoms with Gasteiger partial charge in [-0.05, 0) is 19.1 Å². The van der Waals surface area contributed by atoms with Crippen LogP contribution in [0.3, 0.4) is 0 Å². The second kappa shape index (κ2) is 6.71. The van der Waals surface area contributed by atoms with E-state index in [4.69, 9.17) is 5.11 Å². The maximum Gasteiger partial charge on any atom is 0.433 e. The summed E-state index contributed by atoms with van der Waals surface area (Å²) >= 11 is 0. The SMILES string of the molecule is CC1CN(S(=O)(=O)c2ccc(C(F)(F)F)nc2)CCN1CCO. The Kier molecular flexibility index (Phi) is 5.29. The van der Waals surface area contributed by atoms with Crippen molar-refractivity contribution < 1.29 is 26.7 Å². The zero-order valence-electron chi connectivity index (χ0n) is 12.5. The Hall–Kier alpha value is -1.23. The van der Waals surface area contributed by atoms with Crippen molar-refractivity contribution in [3.8, 4) is 0 Å². The van der Waals surface area contributed by atoms with Crippen LogP contribution in [-0.4, -0.2) is 66.5 Å². The first-order valence-electron chi connectivity index (χ1n) is 7.04. The number of aliphatic hydroxyl groups excluding tert-OH is 1. The number of nitrogens with zero attached hydrogens (tertiary/aromatic N) is 3. The molecule has 23 heavy (non-hydrogen) atoms. The van der Waals surface area contributed by atoms with Gasteiger partial charge in [0.1, 0.15) is 10.6 Å². The fraction of sp³-hybridized carbons (Fsp3) is 0.615. The van der Waals surface area contributed by atoms with Gasteiger partial charge in [0.2, 0.25) is 10.0 Å². The van der Waals surface area contributed by atoms with Gasteiger partial charge in [0, 0.05) is 38.4 Å². The summed E-state index contributed by atoms with van der Waals surface area (Å²) in [6.45, 7) is 3.16. The molecule has 0 saturated carbocycles. The molecule has 10 heteroatoms. The average Bonchev–Trinajstić information content (AvgIpc) is 2.48. The van der Waals surface area contributed by atoms with Crippen molar-refractivity contribution in [2.24, 2.45) is 0 Å². The van der Waals surface area contributed by atoms with Crippen molar-refractivity contribution in [3.63, 3.8) is 0 Å². The van der Waals surface area contributed by atoms with Gasteiger partial charge in [0.25, 0.3) is 0 Å². The summed E-state index contributed by atoms with van der Waals surface area (Å²) < 4.78 is 63.7. The highest BCUT2D eigenvalue weighted by molar-refractivity contribution is 7.89. The van der Waals surface area contributed by atoms with E-state index in [0.29, 0.717) is 19.2 Å². The van der Waals surface area contributed by atoms with Gasteiger partial charge in [-0.25, -0.2) is 8.42 Å². The summed E-state index contributed by atoms with van der Waals surface area (Å²) in [6, 6.07) is 1.50. The molecule has 0 aromatic carbocycles. The Balaban J connectivity index is 2.16. The van der Waals surface area contributed by atoms with Crippen LogP contribution in [0.1, 0.15) is 12.6 Å². The number of aliphatic hydroxyl groups is 1. The maximum absolute atomic E-state index is 12.5. The molecule has 2 heterocycles. The van der Waals surface area contributed by atoms with Gasteiger partial charge >= 0.3 is 6.18 Å². The first kappa shape index (κ1) is 18.1. The lowest BCUT2D eigenvalue weighted by atomic mass is 10.2. The first-order chi connectivity index (χ1) is 10.7. The van der Waals surface area contributed by atoms with E-state index in [1.165, 1.54) is 4.31 Å². The molecule has 1 aliphatic rings. The summed E-state index contributed by atoms with van der Waals surface area (Å²) in [4.78, 5) is 4.90. The van der Waals surface area contributed by atoms with Crippen molar-refractivity contribution in [2.45, 2.75) is 24.0 Å². The number of alkyl halides is 3. The van der Waals surface area contributed by atoms with Gasteiger partial charge in [-0.3, -0.25) is 9.88 Å². The fourth-order valence-corrected chi connectivity index (χ4v) is 3.95. The number of aromatic nitrogens is 1. The lowest BCUT2D eigenvalue weighted by Crippen LogP contribution is -2.54. The predicted octanol–water partition coefficient (Wildman–Crippen LogP) is 0.788. The van der Waals surface area contributed by atoms with Crippen molar-refractivity contribution in [1.82, 2.24) is 14.2 Å². The smallest absolute Gasteiger partial charge is 0.395 e. The second-order valence-electron chi connectivity index (χ2n) is 5.35. The number of β-amino-alcohol motifs (C(OH)–C–C–N with tert-alkyl or cyclic N) is 1. The molecule has 1 aliphatic heterocycles. The molecule has 0 amide bonds. The van der Waals surface area contributed by atoms with E-state index in [0.717, 1.165) is 12.3 Å². The monoisotopic (exact) mass is 353 g/mol. The molecule has 1 unspecified atom stereocenters. The summed E-state index contributed by atoms with van der Waals surface area (Å²) in [5.41, 5.74) is -1.13. The Bertz CT molecular complexity index is 634. The van der Waals surface area contributed by atoms with Gasteiger partial charge in [0.05, 0.1) is 6.61 Å².